The molecule has 0 bridgehead atoms. The van der Waals surface area contributed by atoms with Gasteiger partial charge in [-0.05, 0) is 56.5 Å². The average Bonchev–Trinajstić information content (AvgIpc) is 3.20. The Bertz CT molecular complexity index is 1260. The van der Waals surface area contributed by atoms with Crippen LogP contribution in [-0.2, 0) is 25.6 Å². The molecule has 39 heavy (non-hydrogen) atoms. The van der Waals surface area contributed by atoms with Gasteiger partial charge in [0, 0.05) is 25.6 Å². The van der Waals surface area contributed by atoms with Crippen molar-refractivity contribution in [2.24, 2.45) is 0 Å². The lowest BCUT2D eigenvalue weighted by molar-refractivity contribution is -0.130. The van der Waals surface area contributed by atoms with Crippen molar-refractivity contribution in [2.75, 3.05) is 24.5 Å². The average molecular weight is 541 g/mol. The number of carbonyl (C=O) groups excluding carboxylic acids is 4. The first-order valence-electron chi connectivity index (χ1n) is 12.8. The number of rotatable bonds is 7. The molecule has 0 saturated carbocycles. The van der Waals surface area contributed by atoms with E-state index in [0.717, 1.165) is 5.56 Å². The van der Waals surface area contributed by atoms with Gasteiger partial charge in [0.05, 0.1) is 18.8 Å². The molecule has 2 atom stereocenters. The van der Waals surface area contributed by atoms with Gasteiger partial charge in [-0.3, -0.25) is 19.4 Å². The molecule has 0 radical (unpaired) electrons. The van der Waals surface area contributed by atoms with Crippen LogP contribution in [0, 0.1) is 5.82 Å². The molecule has 208 valence electrons. The molecule has 0 aliphatic carbocycles. The zero-order valence-electron chi connectivity index (χ0n) is 22.5. The molecule has 10 nitrogen and oxygen atoms in total. The van der Waals surface area contributed by atoms with Gasteiger partial charge in [0.2, 0.25) is 11.8 Å². The molecular formula is C28H33FN4O6. The molecule has 2 aliphatic heterocycles. The second-order valence-electron chi connectivity index (χ2n) is 10.6. The number of cyclic esters (lactones) is 1. The zero-order valence-corrected chi connectivity index (χ0v) is 22.5. The molecule has 2 heterocycles. The number of hydrogen-bond acceptors (Lipinski definition) is 6. The van der Waals surface area contributed by atoms with E-state index < -0.39 is 35.8 Å². The fourth-order valence-electron chi connectivity index (χ4n) is 4.31. The summed E-state index contributed by atoms with van der Waals surface area (Å²) in [7, 11) is 0. The number of halogens is 1. The number of hydrogen-bond donors (Lipinski definition) is 2. The van der Waals surface area contributed by atoms with E-state index in [1.54, 1.807) is 57.2 Å². The molecular weight excluding hydrogens is 507 g/mol. The van der Waals surface area contributed by atoms with E-state index in [1.807, 2.05) is 0 Å². The third-order valence-electron chi connectivity index (χ3n) is 6.40. The molecule has 4 rings (SSSR count). The first-order chi connectivity index (χ1) is 18.4. The van der Waals surface area contributed by atoms with Crippen molar-refractivity contribution in [1.29, 1.82) is 0 Å². The summed E-state index contributed by atoms with van der Waals surface area (Å²) < 4.78 is 25.6. The highest BCUT2D eigenvalue weighted by Gasteiger charge is 2.39. The van der Waals surface area contributed by atoms with E-state index in [4.69, 9.17) is 9.47 Å². The Morgan fingerprint density at radius 3 is 2.41 bits per heavy atom. The zero-order chi connectivity index (χ0) is 28.3. The summed E-state index contributed by atoms with van der Waals surface area (Å²) in [5.41, 5.74) is 1.54. The van der Waals surface area contributed by atoms with E-state index in [9.17, 15) is 19.2 Å². The van der Waals surface area contributed by atoms with Crippen molar-refractivity contribution in [3.05, 3.63) is 53.8 Å². The standard InChI is InChI=1S/C28H33FN4O6/c1-17(34)30-15-21-16-33(26(36)38-21)20-9-10-22(23(29)13-20)19-7-5-18(6-8-19)14-31-25(35)24-11-12-32(24)27(37)39-28(2,3)4/h5-10,13,21,24H,11-12,14-16H2,1-4H3,(H,30,34)(H,31,35)/t21-,24?/m0/s1. The van der Waals surface area contributed by atoms with E-state index in [1.165, 1.54) is 22.8 Å². The van der Waals surface area contributed by atoms with Crippen LogP contribution in [0.4, 0.5) is 19.7 Å². The van der Waals surface area contributed by atoms with Crippen LogP contribution in [0.3, 0.4) is 0 Å². The van der Waals surface area contributed by atoms with Gasteiger partial charge in [0.25, 0.3) is 0 Å². The highest BCUT2D eigenvalue weighted by molar-refractivity contribution is 5.90. The van der Waals surface area contributed by atoms with E-state index in [0.29, 0.717) is 29.8 Å². The highest BCUT2D eigenvalue weighted by Crippen LogP contribution is 2.29. The Morgan fingerprint density at radius 2 is 1.82 bits per heavy atom. The van der Waals surface area contributed by atoms with Gasteiger partial charge < -0.3 is 20.1 Å². The SMILES string of the molecule is CC(=O)NC[C@H]1CN(c2ccc(-c3ccc(CNC(=O)C4CCN4C(=O)OC(C)(C)C)cc3)c(F)c2)C(=O)O1. The lowest BCUT2D eigenvalue weighted by atomic mass is 10.0. The fourth-order valence-corrected chi connectivity index (χ4v) is 4.31. The third kappa shape index (κ3) is 6.84. The number of benzene rings is 2. The van der Waals surface area contributed by atoms with Gasteiger partial charge in [0.15, 0.2) is 0 Å². The predicted octanol–water partition coefficient (Wildman–Crippen LogP) is 3.58. The second kappa shape index (κ2) is 11.3. The molecule has 2 aromatic carbocycles. The van der Waals surface area contributed by atoms with E-state index >= 15 is 4.39 Å². The summed E-state index contributed by atoms with van der Waals surface area (Å²) in [5.74, 6) is -0.979. The first-order valence-corrected chi connectivity index (χ1v) is 12.8. The van der Waals surface area contributed by atoms with Crippen molar-refractivity contribution in [1.82, 2.24) is 15.5 Å². The summed E-state index contributed by atoms with van der Waals surface area (Å²) in [4.78, 5) is 50.9. The molecule has 0 spiro atoms. The molecule has 4 amide bonds. The largest absolute Gasteiger partial charge is 0.444 e. The maximum Gasteiger partial charge on any atom is 0.414 e. The van der Waals surface area contributed by atoms with Crippen molar-refractivity contribution in [3.63, 3.8) is 0 Å². The fraction of sp³-hybridized carbons (Fsp3) is 0.429. The Kier molecular flexibility index (Phi) is 8.08. The molecule has 2 N–H and O–H groups in total. The minimum absolute atomic E-state index is 0.188. The predicted molar refractivity (Wildman–Crippen MR) is 141 cm³/mol. The van der Waals surface area contributed by atoms with Crippen LogP contribution < -0.4 is 15.5 Å². The first kappa shape index (κ1) is 27.9. The molecule has 2 aromatic rings. The quantitative estimate of drug-likeness (QED) is 0.555. The smallest absolute Gasteiger partial charge is 0.414 e. The van der Waals surface area contributed by atoms with Crippen molar-refractivity contribution in [3.8, 4) is 11.1 Å². The summed E-state index contributed by atoms with van der Waals surface area (Å²) in [5, 5.41) is 5.45. The van der Waals surface area contributed by atoms with Crippen LogP contribution in [-0.4, -0.2) is 66.3 Å². The van der Waals surface area contributed by atoms with E-state index in [2.05, 4.69) is 10.6 Å². The van der Waals surface area contributed by atoms with Crippen molar-refractivity contribution >= 4 is 29.7 Å². The molecule has 2 aliphatic rings. The molecule has 11 heteroatoms. The monoisotopic (exact) mass is 540 g/mol. The van der Waals surface area contributed by atoms with Gasteiger partial charge in [0.1, 0.15) is 23.6 Å². The Balaban J connectivity index is 1.33. The molecule has 2 fully saturated rings. The van der Waals surface area contributed by atoms with Gasteiger partial charge >= 0.3 is 12.2 Å². The number of likely N-dealkylation sites (tertiary alicyclic amines) is 1. The Hall–Kier alpha value is -4.15. The topological polar surface area (TPSA) is 117 Å². The minimum Gasteiger partial charge on any atom is -0.444 e. The Morgan fingerprint density at radius 1 is 1.10 bits per heavy atom. The summed E-state index contributed by atoms with van der Waals surface area (Å²) >= 11 is 0. The van der Waals surface area contributed by atoms with Crippen LogP contribution in [0.25, 0.3) is 11.1 Å². The maximum atomic E-state index is 15.0. The number of ether oxygens (including phenoxy) is 2. The lowest BCUT2D eigenvalue weighted by Crippen LogP contribution is -2.59. The highest BCUT2D eigenvalue weighted by atomic mass is 19.1. The summed E-state index contributed by atoms with van der Waals surface area (Å²) in [6.45, 7) is 7.83. The summed E-state index contributed by atoms with van der Waals surface area (Å²) in [6, 6.07) is 11.1. The summed E-state index contributed by atoms with van der Waals surface area (Å²) in [6.07, 6.45) is -1.04. The molecule has 0 aromatic heterocycles. The molecule has 1 unspecified atom stereocenters. The third-order valence-corrected chi connectivity index (χ3v) is 6.40. The molecule has 2 saturated heterocycles. The number of nitrogens with one attached hydrogen (secondary N) is 2. The lowest BCUT2D eigenvalue weighted by Gasteiger charge is -2.40. The Labute approximate surface area is 226 Å². The maximum absolute atomic E-state index is 15.0. The van der Waals surface area contributed by atoms with Crippen molar-refractivity contribution in [2.45, 2.75) is 58.4 Å². The second-order valence-corrected chi connectivity index (χ2v) is 10.6. The van der Waals surface area contributed by atoms with Crippen molar-refractivity contribution < 1.29 is 33.0 Å². The van der Waals surface area contributed by atoms with Crippen LogP contribution in [0.15, 0.2) is 42.5 Å². The van der Waals surface area contributed by atoms with E-state index in [-0.39, 0.29) is 31.4 Å². The van der Waals surface area contributed by atoms with Crippen LogP contribution in [0.2, 0.25) is 0 Å². The number of carbonyl (C=O) groups is 4. The van der Waals surface area contributed by atoms with Gasteiger partial charge in [-0.15, -0.1) is 0 Å². The van der Waals surface area contributed by atoms with Gasteiger partial charge in [-0.25, -0.2) is 14.0 Å². The number of anilines is 1. The number of amides is 4. The van der Waals surface area contributed by atoms with Crippen LogP contribution >= 0.6 is 0 Å². The normalized spacial score (nSPS) is 18.7. The number of nitrogens with zero attached hydrogens (tertiary/aromatic N) is 2. The van der Waals surface area contributed by atoms with Crippen LogP contribution in [0.1, 0.15) is 39.7 Å². The van der Waals surface area contributed by atoms with Gasteiger partial charge in [-0.1, -0.05) is 24.3 Å². The van der Waals surface area contributed by atoms with Gasteiger partial charge in [-0.2, -0.15) is 0 Å². The van der Waals surface area contributed by atoms with Crippen LogP contribution in [0.5, 0.6) is 0 Å². The minimum atomic E-state index is -0.632.